The first-order valence-corrected chi connectivity index (χ1v) is 11.5. The zero-order chi connectivity index (χ0) is 26.8. The van der Waals surface area contributed by atoms with Gasteiger partial charge >= 0.3 is 6.18 Å². The number of anilines is 3. The number of amides is 1. The first kappa shape index (κ1) is 25.8. The molecule has 0 saturated heterocycles. The Morgan fingerprint density at radius 2 is 1.92 bits per heavy atom. The van der Waals surface area contributed by atoms with Gasteiger partial charge in [0.25, 0.3) is 5.91 Å². The molecule has 2 aromatic heterocycles. The number of fused-ring (bicyclic) bond motifs is 1. The molecule has 0 unspecified atom stereocenters. The van der Waals surface area contributed by atoms with E-state index >= 15 is 0 Å². The summed E-state index contributed by atoms with van der Waals surface area (Å²) in [5.74, 6) is 0.593. The first-order valence-electron chi connectivity index (χ1n) is 11.5. The average Bonchev–Trinajstić information content (AvgIpc) is 2.86. The molecule has 3 aromatic rings. The molecule has 192 valence electrons. The summed E-state index contributed by atoms with van der Waals surface area (Å²) >= 11 is 0. The van der Waals surface area contributed by atoms with Gasteiger partial charge in [0.2, 0.25) is 0 Å². The maximum Gasteiger partial charge on any atom is 0.407 e. The van der Waals surface area contributed by atoms with Crippen molar-refractivity contribution in [1.82, 2.24) is 25.3 Å². The molecule has 2 N–H and O–H groups in total. The number of nitrogens with one attached hydrogen (secondary N) is 2. The second-order valence-corrected chi connectivity index (χ2v) is 9.79. The van der Waals surface area contributed by atoms with Gasteiger partial charge in [-0.15, -0.1) is 0 Å². The van der Waals surface area contributed by atoms with Crippen molar-refractivity contribution in [1.29, 1.82) is 0 Å². The molecule has 3 heterocycles. The lowest BCUT2D eigenvalue weighted by molar-refractivity contribution is -0.136. The van der Waals surface area contributed by atoms with Crippen LogP contribution >= 0.6 is 0 Å². The van der Waals surface area contributed by atoms with Crippen LogP contribution in [0.1, 0.15) is 48.1 Å². The number of nitrogens with zero attached hydrogens (tertiary/aromatic N) is 6. The zero-order valence-electron chi connectivity index (χ0n) is 20.5. The van der Waals surface area contributed by atoms with E-state index in [0.717, 1.165) is 11.6 Å². The van der Waals surface area contributed by atoms with Crippen molar-refractivity contribution in [2.45, 2.75) is 39.9 Å². The third kappa shape index (κ3) is 6.11. The van der Waals surface area contributed by atoms with E-state index in [-0.39, 0.29) is 23.6 Å². The van der Waals surface area contributed by atoms with Gasteiger partial charge in [-0.1, -0.05) is 26.8 Å². The van der Waals surface area contributed by atoms with Crippen LogP contribution < -0.4 is 15.5 Å². The molecule has 1 amide bonds. The minimum atomic E-state index is -4.62. The largest absolute Gasteiger partial charge is 0.407 e. The van der Waals surface area contributed by atoms with E-state index in [1.807, 2.05) is 20.8 Å². The van der Waals surface area contributed by atoms with Crippen molar-refractivity contribution in [3.05, 3.63) is 70.9 Å². The van der Waals surface area contributed by atoms with E-state index in [4.69, 9.17) is 6.57 Å². The van der Waals surface area contributed by atoms with Crippen LogP contribution in [0, 0.1) is 12.0 Å². The van der Waals surface area contributed by atoms with Crippen LogP contribution in [0.3, 0.4) is 0 Å². The van der Waals surface area contributed by atoms with E-state index in [1.54, 1.807) is 4.90 Å². The number of alkyl halides is 3. The predicted octanol–water partition coefficient (Wildman–Crippen LogP) is 4.92. The Bertz CT molecular complexity index is 1340. The molecule has 1 aromatic carbocycles. The molecule has 37 heavy (non-hydrogen) atoms. The molecule has 0 radical (unpaired) electrons. The van der Waals surface area contributed by atoms with Gasteiger partial charge in [0.15, 0.2) is 5.69 Å². The zero-order valence-corrected chi connectivity index (χ0v) is 20.5. The Labute approximate surface area is 212 Å². The van der Waals surface area contributed by atoms with E-state index in [9.17, 15) is 18.0 Å². The molecule has 4 rings (SSSR count). The number of rotatable bonds is 5. The van der Waals surface area contributed by atoms with Crippen molar-refractivity contribution >= 4 is 28.9 Å². The number of carbonyl (C=O) groups excluding carboxylic acids is 1. The van der Waals surface area contributed by atoms with Gasteiger partial charge in [-0.25, -0.2) is 24.8 Å². The summed E-state index contributed by atoms with van der Waals surface area (Å²) in [7, 11) is 0. The Kier molecular flexibility index (Phi) is 6.98. The van der Waals surface area contributed by atoms with E-state index in [1.165, 1.54) is 30.9 Å². The van der Waals surface area contributed by atoms with Gasteiger partial charge in [-0.3, -0.25) is 4.79 Å². The predicted molar refractivity (Wildman–Crippen MR) is 132 cm³/mol. The van der Waals surface area contributed by atoms with Crippen molar-refractivity contribution < 1.29 is 18.0 Å². The minimum absolute atomic E-state index is 0.0614. The number of hydrogen-bond acceptors (Lipinski definition) is 7. The van der Waals surface area contributed by atoms with Gasteiger partial charge in [0, 0.05) is 24.3 Å². The van der Waals surface area contributed by atoms with E-state index < -0.39 is 17.4 Å². The number of hydrogen-bond donors (Lipinski definition) is 2. The molecule has 12 heteroatoms. The molecule has 0 bridgehead atoms. The fourth-order valence-electron chi connectivity index (χ4n) is 3.79. The lowest BCUT2D eigenvalue weighted by Gasteiger charge is -2.31. The van der Waals surface area contributed by atoms with Crippen LogP contribution in [0.25, 0.3) is 4.85 Å². The molecular weight excluding hydrogens is 485 g/mol. The third-order valence-corrected chi connectivity index (χ3v) is 5.69. The molecule has 9 nitrogen and oxygen atoms in total. The van der Waals surface area contributed by atoms with Crippen LogP contribution in [-0.2, 0) is 19.1 Å². The molecule has 0 fully saturated rings. The van der Waals surface area contributed by atoms with E-state index in [2.05, 4.69) is 35.4 Å². The molecular formula is C25H25F3N8O. The highest BCUT2D eigenvalue weighted by atomic mass is 19.4. The topological polar surface area (TPSA) is 100 Å². The molecule has 1 aliphatic rings. The smallest absolute Gasteiger partial charge is 0.365 e. The number of carbonyl (C=O) groups is 1. The highest BCUT2D eigenvalue weighted by molar-refractivity contribution is 5.92. The van der Waals surface area contributed by atoms with Crippen LogP contribution in [0.15, 0.2) is 36.9 Å². The summed E-state index contributed by atoms with van der Waals surface area (Å²) in [6.45, 7) is 14.3. The molecule has 0 aliphatic carbocycles. The maximum atomic E-state index is 13.4. The summed E-state index contributed by atoms with van der Waals surface area (Å²) < 4.78 is 40.2. The lowest BCUT2D eigenvalue weighted by atomic mass is 9.97. The van der Waals surface area contributed by atoms with Gasteiger partial charge in [0.1, 0.15) is 23.7 Å². The number of halogens is 3. The summed E-state index contributed by atoms with van der Waals surface area (Å²) in [6.07, 6.45) is 0.0431. The quantitative estimate of drug-likeness (QED) is 0.470. The first-order chi connectivity index (χ1) is 17.4. The second kappa shape index (κ2) is 10.0. The van der Waals surface area contributed by atoms with Gasteiger partial charge in [-0.05, 0) is 24.0 Å². The summed E-state index contributed by atoms with van der Waals surface area (Å²) in [6, 6.07) is 3.72. The lowest BCUT2D eigenvalue weighted by Crippen LogP contribution is -2.32. The van der Waals surface area contributed by atoms with Crippen LogP contribution in [-0.4, -0.2) is 38.9 Å². The normalized spacial score (nSPS) is 13.5. The average molecular weight is 511 g/mol. The van der Waals surface area contributed by atoms with Crippen molar-refractivity contribution in [3.63, 3.8) is 0 Å². The highest BCUT2D eigenvalue weighted by Crippen LogP contribution is 2.39. The number of benzene rings is 1. The fourth-order valence-corrected chi connectivity index (χ4v) is 3.79. The summed E-state index contributed by atoms with van der Waals surface area (Å²) in [4.78, 5) is 34.1. The molecule has 1 aliphatic heterocycles. The van der Waals surface area contributed by atoms with Crippen molar-refractivity contribution in [2.24, 2.45) is 5.41 Å². The molecule has 0 saturated carbocycles. The van der Waals surface area contributed by atoms with Gasteiger partial charge in [-0.2, -0.15) is 13.2 Å². The Morgan fingerprint density at radius 1 is 1.14 bits per heavy atom. The van der Waals surface area contributed by atoms with E-state index in [0.29, 0.717) is 42.5 Å². The fraction of sp³-hybridized carbons (Fsp3) is 0.360. The SMILES string of the molecule is [C-]#[N+]c1ccc(N2CCc3c(ncnc3Nc3cnc(C(=O)NCC(C)(C)C)cn3)C2)cc1C(F)(F)F. The van der Waals surface area contributed by atoms with Gasteiger partial charge in [0.05, 0.1) is 36.8 Å². The van der Waals surface area contributed by atoms with Crippen molar-refractivity contribution in [2.75, 3.05) is 23.3 Å². The van der Waals surface area contributed by atoms with Crippen molar-refractivity contribution in [3.8, 4) is 0 Å². The Morgan fingerprint density at radius 3 is 2.57 bits per heavy atom. The number of aromatic nitrogens is 4. The molecule has 0 spiro atoms. The van der Waals surface area contributed by atoms with Crippen LogP contribution in [0.5, 0.6) is 0 Å². The monoisotopic (exact) mass is 510 g/mol. The Balaban J connectivity index is 1.48. The van der Waals surface area contributed by atoms with Crippen LogP contribution in [0.4, 0.5) is 36.2 Å². The second-order valence-electron chi connectivity index (χ2n) is 9.79. The van der Waals surface area contributed by atoms with Gasteiger partial charge < -0.3 is 15.5 Å². The standard InChI is InChI=1S/C25H25F3N8O/c1-24(2,3)13-32-23(37)19-10-31-21(11-30-19)35-22-16-7-8-36(12-20(16)33-14-34-22)15-5-6-18(29-4)17(9-15)25(26,27)28/h5-6,9-11,14H,7-8,12-13H2,1-3H3,(H,32,37)(H,31,33,34,35). The Hall–Kier alpha value is -4.27. The third-order valence-electron chi connectivity index (χ3n) is 5.69. The highest BCUT2D eigenvalue weighted by Gasteiger charge is 2.34. The van der Waals surface area contributed by atoms with Crippen LogP contribution in [0.2, 0.25) is 0 Å². The summed E-state index contributed by atoms with van der Waals surface area (Å²) in [5.41, 5.74) is 0.598. The summed E-state index contributed by atoms with van der Waals surface area (Å²) in [5, 5.41) is 5.92. The molecule has 0 atom stereocenters. The maximum absolute atomic E-state index is 13.4. The minimum Gasteiger partial charge on any atom is -0.365 e.